The van der Waals surface area contributed by atoms with Crippen molar-refractivity contribution in [1.29, 1.82) is 0 Å². The lowest BCUT2D eigenvalue weighted by Gasteiger charge is -2.32. The van der Waals surface area contributed by atoms with Crippen LogP contribution in [0, 0.1) is 6.92 Å². The fourth-order valence-corrected chi connectivity index (χ4v) is 3.68. The fourth-order valence-electron chi connectivity index (χ4n) is 2.74. The van der Waals surface area contributed by atoms with E-state index in [-0.39, 0.29) is 5.91 Å². The number of carbonyl (C=O) groups is 2. The number of thioether (sulfide) groups is 1. The molecule has 0 unspecified atom stereocenters. The number of carbonyl (C=O) groups excluding carboxylic acids is 2. The van der Waals surface area contributed by atoms with Gasteiger partial charge in [0, 0.05) is 18.8 Å². The number of aryl methyl sites for hydroxylation is 2. The molecule has 0 spiro atoms. The molecule has 0 bridgehead atoms. The molecule has 0 saturated carbocycles. The van der Waals surface area contributed by atoms with Crippen LogP contribution in [-0.2, 0) is 16.6 Å². The third kappa shape index (κ3) is 2.06. The zero-order valence-corrected chi connectivity index (χ0v) is 12.8. The smallest absolute Gasteiger partial charge is 0.248 e. The van der Waals surface area contributed by atoms with E-state index in [4.69, 9.17) is 5.73 Å². The van der Waals surface area contributed by atoms with Crippen molar-refractivity contribution in [2.45, 2.75) is 19.9 Å². The van der Waals surface area contributed by atoms with Gasteiger partial charge in [-0.15, -0.1) is 0 Å². The molecule has 7 nitrogen and oxygen atoms in total. The second kappa shape index (κ2) is 4.73. The highest BCUT2D eigenvalue weighted by molar-refractivity contribution is 8.15. The summed E-state index contributed by atoms with van der Waals surface area (Å²) in [4.78, 5) is 30.0. The molecule has 0 aromatic carbocycles. The van der Waals surface area contributed by atoms with Crippen molar-refractivity contribution in [3.8, 4) is 0 Å². The molecule has 2 aliphatic rings. The molecule has 3 rings (SSSR count). The normalized spacial score (nSPS) is 21.7. The van der Waals surface area contributed by atoms with Gasteiger partial charge >= 0.3 is 0 Å². The predicted molar refractivity (Wildman–Crippen MR) is 79.3 cm³/mol. The minimum Gasteiger partial charge on any atom is -0.366 e. The number of aliphatic imine (C=N–C) groups is 1. The molecule has 0 aliphatic carbocycles. The molecule has 0 radical (unpaired) electrons. The Bertz CT molecular complexity index is 718. The molecule has 8 heteroatoms. The Kier molecular flexibility index (Phi) is 3.12. The molecular weight excluding hydrogens is 290 g/mol. The van der Waals surface area contributed by atoms with Crippen LogP contribution < -0.4 is 5.73 Å². The van der Waals surface area contributed by atoms with Gasteiger partial charge in [0.2, 0.25) is 11.8 Å². The molecule has 1 aromatic heterocycles. The summed E-state index contributed by atoms with van der Waals surface area (Å²) in [5.74, 6) is -0.306. The van der Waals surface area contributed by atoms with Gasteiger partial charge in [0.15, 0.2) is 5.17 Å². The molecule has 1 fully saturated rings. The molecule has 21 heavy (non-hydrogen) atoms. The van der Waals surface area contributed by atoms with E-state index in [1.165, 1.54) is 11.8 Å². The number of fused-ring (bicyclic) bond motifs is 1. The Morgan fingerprint density at radius 2 is 2.19 bits per heavy atom. The largest absolute Gasteiger partial charge is 0.366 e. The summed E-state index contributed by atoms with van der Waals surface area (Å²) in [7, 11) is 1.80. The zero-order valence-electron chi connectivity index (χ0n) is 12.0. The highest BCUT2D eigenvalue weighted by Gasteiger charge is 2.43. The first-order valence-corrected chi connectivity index (χ1v) is 7.43. The molecule has 2 amide bonds. The minimum atomic E-state index is -0.562. The number of primary amides is 1. The molecule has 110 valence electrons. The number of amides is 2. The topological polar surface area (TPSA) is 93.6 Å². The van der Waals surface area contributed by atoms with Crippen molar-refractivity contribution < 1.29 is 9.59 Å². The number of aromatic nitrogens is 2. The number of nitrogens with two attached hydrogens (primary N) is 1. The average molecular weight is 305 g/mol. The highest BCUT2D eigenvalue weighted by atomic mass is 32.2. The maximum absolute atomic E-state index is 12.2. The Morgan fingerprint density at radius 1 is 1.48 bits per heavy atom. The lowest BCUT2D eigenvalue weighted by molar-refractivity contribution is -0.125. The molecule has 3 heterocycles. The first kappa shape index (κ1) is 13.9. The second-order valence-electron chi connectivity index (χ2n) is 5.06. The van der Waals surface area contributed by atoms with Gasteiger partial charge in [-0.3, -0.25) is 19.2 Å². The van der Waals surface area contributed by atoms with Crippen LogP contribution in [0.2, 0.25) is 0 Å². The van der Waals surface area contributed by atoms with Crippen molar-refractivity contribution in [2.24, 2.45) is 17.8 Å². The Hall–Kier alpha value is -2.09. The van der Waals surface area contributed by atoms with Gasteiger partial charge in [-0.2, -0.15) is 5.10 Å². The molecular formula is C13H15N5O2S. The number of hydrogen-bond donors (Lipinski definition) is 1. The SMILES string of the molecule is CC1=C(C(N)=O)[C@@H](c2cn(C)nc2C)N2C(=O)CSC2=N1. The third-order valence-electron chi connectivity index (χ3n) is 3.60. The van der Waals surface area contributed by atoms with Gasteiger partial charge in [-0.25, -0.2) is 4.99 Å². The Labute approximate surface area is 125 Å². The Balaban J connectivity index is 2.22. The summed E-state index contributed by atoms with van der Waals surface area (Å²) < 4.78 is 1.66. The van der Waals surface area contributed by atoms with Gasteiger partial charge < -0.3 is 5.73 Å². The summed E-state index contributed by atoms with van der Waals surface area (Å²) in [6, 6.07) is -0.536. The van der Waals surface area contributed by atoms with Crippen LogP contribution in [0.15, 0.2) is 22.5 Å². The van der Waals surface area contributed by atoms with E-state index in [2.05, 4.69) is 10.1 Å². The van der Waals surface area contributed by atoms with Crippen LogP contribution in [0.3, 0.4) is 0 Å². The number of rotatable bonds is 2. The molecule has 1 aromatic rings. The van der Waals surface area contributed by atoms with Crippen LogP contribution in [0.4, 0.5) is 0 Å². The van der Waals surface area contributed by atoms with Gasteiger partial charge in [0.05, 0.1) is 28.8 Å². The first-order chi connectivity index (χ1) is 9.90. The van der Waals surface area contributed by atoms with Crippen LogP contribution >= 0.6 is 11.8 Å². The summed E-state index contributed by atoms with van der Waals surface area (Å²) in [6.45, 7) is 3.59. The maximum atomic E-state index is 12.2. The van der Waals surface area contributed by atoms with Crippen LogP contribution in [0.25, 0.3) is 0 Å². The van der Waals surface area contributed by atoms with E-state index in [1.54, 1.807) is 23.6 Å². The van der Waals surface area contributed by atoms with E-state index in [9.17, 15) is 9.59 Å². The van der Waals surface area contributed by atoms with E-state index in [0.717, 1.165) is 11.3 Å². The van der Waals surface area contributed by atoms with E-state index in [1.807, 2.05) is 13.1 Å². The molecule has 2 aliphatic heterocycles. The fraction of sp³-hybridized carbons (Fsp3) is 0.385. The quantitative estimate of drug-likeness (QED) is 0.859. The summed E-state index contributed by atoms with van der Waals surface area (Å²) >= 11 is 1.38. The van der Waals surface area contributed by atoms with Crippen molar-refractivity contribution in [2.75, 3.05) is 5.75 Å². The maximum Gasteiger partial charge on any atom is 0.248 e. The van der Waals surface area contributed by atoms with Crippen LogP contribution in [0.1, 0.15) is 24.2 Å². The van der Waals surface area contributed by atoms with Gasteiger partial charge in [0.1, 0.15) is 0 Å². The van der Waals surface area contributed by atoms with Crippen molar-refractivity contribution in [3.63, 3.8) is 0 Å². The minimum absolute atomic E-state index is 0.0711. The third-order valence-corrected chi connectivity index (χ3v) is 4.53. The predicted octanol–water partition coefficient (Wildman–Crippen LogP) is 0.474. The molecule has 1 atom stereocenters. The standard InChI is InChI=1S/C13H15N5O2S/c1-6-8(4-17(3)16-6)11-10(12(14)20)7(2)15-13-18(11)9(19)5-21-13/h4,11H,5H2,1-3H3,(H2,14,20)/t11-/m1/s1. The number of nitrogens with zero attached hydrogens (tertiary/aromatic N) is 4. The van der Waals surface area contributed by atoms with Gasteiger partial charge in [0.25, 0.3) is 0 Å². The van der Waals surface area contributed by atoms with Gasteiger partial charge in [-0.05, 0) is 13.8 Å². The van der Waals surface area contributed by atoms with Crippen LogP contribution in [0.5, 0.6) is 0 Å². The monoisotopic (exact) mass is 305 g/mol. The van der Waals surface area contributed by atoms with Gasteiger partial charge in [-0.1, -0.05) is 11.8 Å². The number of hydrogen-bond acceptors (Lipinski definition) is 5. The zero-order chi connectivity index (χ0) is 15.3. The first-order valence-electron chi connectivity index (χ1n) is 6.44. The average Bonchev–Trinajstić information content (AvgIpc) is 2.91. The number of allylic oxidation sites excluding steroid dienone is 1. The highest BCUT2D eigenvalue weighted by Crippen LogP contribution is 2.41. The molecule has 2 N–H and O–H groups in total. The molecule has 1 saturated heterocycles. The van der Waals surface area contributed by atoms with Crippen LogP contribution in [-0.4, -0.2) is 37.4 Å². The lowest BCUT2D eigenvalue weighted by Crippen LogP contribution is -2.40. The van der Waals surface area contributed by atoms with Crippen molar-refractivity contribution >= 4 is 28.7 Å². The second-order valence-corrected chi connectivity index (χ2v) is 6.00. The van der Waals surface area contributed by atoms with E-state index in [0.29, 0.717) is 22.2 Å². The Morgan fingerprint density at radius 3 is 2.76 bits per heavy atom. The lowest BCUT2D eigenvalue weighted by atomic mass is 9.94. The van der Waals surface area contributed by atoms with Crippen molar-refractivity contribution in [3.05, 3.63) is 28.7 Å². The summed E-state index contributed by atoms with van der Waals surface area (Å²) in [6.07, 6.45) is 1.81. The summed E-state index contributed by atoms with van der Waals surface area (Å²) in [5, 5.41) is 4.92. The van der Waals surface area contributed by atoms with Crippen molar-refractivity contribution in [1.82, 2.24) is 14.7 Å². The van der Waals surface area contributed by atoms with E-state index < -0.39 is 11.9 Å². The summed E-state index contributed by atoms with van der Waals surface area (Å²) in [5.41, 5.74) is 8.01. The van der Waals surface area contributed by atoms with E-state index >= 15 is 0 Å². The number of amidine groups is 1.